The van der Waals surface area contributed by atoms with Gasteiger partial charge in [-0.1, -0.05) is 13.8 Å². The summed E-state index contributed by atoms with van der Waals surface area (Å²) in [6.07, 6.45) is 7.52. The van der Waals surface area contributed by atoms with Crippen molar-refractivity contribution >= 4 is 0 Å². The summed E-state index contributed by atoms with van der Waals surface area (Å²) in [5.41, 5.74) is 9.96. The number of pyridine rings is 1. The van der Waals surface area contributed by atoms with Crippen molar-refractivity contribution < 1.29 is 0 Å². The summed E-state index contributed by atoms with van der Waals surface area (Å²) in [5, 5.41) is 4.49. The van der Waals surface area contributed by atoms with E-state index in [2.05, 4.69) is 23.9 Å². The molecule has 1 unspecified atom stereocenters. The van der Waals surface area contributed by atoms with Crippen LogP contribution in [-0.4, -0.2) is 14.8 Å². The summed E-state index contributed by atoms with van der Waals surface area (Å²) in [7, 11) is 0. The molecular formula is C14H18N4. The minimum atomic E-state index is 0.0966. The van der Waals surface area contributed by atoms with E-state index in [1.54, 1.807) is 12.4 Å². The Morgan fingerprint density at radius 2 is 2.06 bits per heavy atom. The summed E-state index contributed by atoms with van der Waals surface area (Å²) in [6, 6.07) is 4.04. The van der Waals surface area contributed by atoms with E-state index in [1.165, 1.54) is 11.3 Å². The van der Waals surface area contributed by atoms with Crippen molar-refractivity contribution in [2.24, 2.45) is 11.1 Å². The summed E-state index contributed by atoms with van der Waals surface area (Å²) in [6.45, 7) is 4.53. The smallest absolute Gasteiger partial charge is 0.0679 e. The fraction of sp³-hybridized carbons (Fsp3) is 0.429. The molecule has 1 atom stereocenters. The molecule has 94 valence electrons. The average molecular weight is 242 g/mol. The first-order chi connectivity index (χ1) is 8.57. The Hall–Kier alpha value is -1.68. The summed E-state index contributed by atoms with van der Waals surface area (Å²) >= 11 is 0. The monoisotopic (exact) mass is 242 g/mol. The SMILES string of the molecule is CC1(C)Cc2c(cnn2-c2ccncc2)C(N)C1. The van der Waals surface area contributed by atoms with Crippen molar-refractivity contribution in [1.29, 1.82) is 0 Å². The Kier molecular flexibility index (Phi) is 2.48. The third-order valence-corrected chi connectivity index (χ3v) is 3.63. The van der Waals surface area contributed by atoms with Crippen LogP contribution in [0.4, 0.5) is 0 Å². The van der Waals surface area contributed by atoms with Crippen LogP contribution in [0.3, 0.4) is 0 Å². The average Bonchev–Trinajstić information content (AvgIpc) is 2.72. The molecule has 1 aliphatic carbocycles. The van der Waals surface area contributed by atoms with Crippen molar-refractivity contribution in [2.45, 2.75) is 32.7 Å². The number of hydrogen-bond donors (Lipinski definition) is 1. The highest BCUT2D eigenvalue weighted by Crippen LogP contribution is 2.39. The van der Waals surface area contributed by atoms with Crippen LogP contribution >= 0.6 is 0 Å². The molecule has 3 rings (SSSR count). The largest absolute Gasteiger partial charge is 0.324 e. The summed E-state index contributed by atoms with van der Waals surface area (Å²) in [5.74, 6) is 0. The van der Waals surface area contributed by atoms with Crippen LogP contribution in [0.1, 0.15) is 37.6 Å². The van der Waals surface area contributed by atoms with Crippen LogP contribution in [0.25, 0.3) is 5.69 Å². The molecule has 0 saturated heterocycles. The molecule has 4 heteroatoms. The van der Waals surface area contributed by atoms with Crippen molar-refractivity contribution in [3.05, 3.63) is 42.0 Å². The maximum atomic E-state index is 6.25. The van der Waals surface area contributed by atoms with Crippen LogP contribution in [0.5, 0.6) is 0 Å². The van der Waals surface area contributed by atoms with Crippen LogP contribution in [0.2, 0.25) is 0 Å². The van der Waals surface area contributed by atoms with Gasteiger partial charge in [0.1, 0.15) is 0 Å². The topological polar surface area (TPSA) is 56.7 Å². The second-order valence-electron chi connectivity index (χ2n) is 5.82. The molecule has 2 aromatic heterocycles. The Labute approximate surface area is 107 Å². The number of fused-ring (bicyclic) bond motifs is 1. The molecule has 0 radical (unpaired) electrons. The van der Waals surface area contributed by atoms with Gasteiger partial charge in [0, 0.05) is 29.7 Å². The fourth-order valence-electron chi connectivity index (χ4n) is 2.81. The number of hydrogen-bond acceptors (Lipinski definition) is 3. The van der Waals surface area contributed by atoms with E-state index in [1.807, 2.05) is 23.0 Å². The van der Waals surface area contributed by atoms with Crippen molar-refractivity contribution in [3.8, 4) is 5.69 Å². The predicted octanol–water partition coefficient (Wildman–Crippen LogP) is 2.24. The molecule has 0 spiro atoms. The van der Waals surface area contributed by atoms with Crippen LogP contribution < -0.4 is 5.73 Å². The first-order valence-corrected chi connectivity index (χ1v) is 6.30. The Morgan fingerprint density at radius 1 is 1.33 bits per heavy atom. The minimum absolute atomic E-state index is 0.0966. The first-order valence-electron chi connectivity index (χ1n) is 6.30. The lowest BCUT2D eigenvalue weighted by molar-refractivity contribution is 0.278. The second-order valence-corrected chi connectivity index (χ2v) is 5.82. The van der Waals surface area contributed by atoms with Gasteiger partial charge >= 0.3 is 0 Å². The lowest BCUT2D eigenvalue weighted by Crippen LogP contribution is -2.30. The van der Waals surface area contributed by atoms with Gasteiger partial charge < -0.3 is 5.73 Å². The van der Waals surface area contributed by atoms with Crippen molar-refractivity contribution in [2.75, 3.05) is 0 Å². The zero-order chi connectivity index (χ0) is 12.8. The van der Waals surface area contributed by atoms with E-state index in [9.17, 15) is 0 Å². The van der Waals surface area contributed by atoms with Gasteiger partial charge in [-0.25, -0.2) is 4.68 Å². The molecule has 0 aliphatic heterocycles. The second kappa shape index (κ2) is 3.92. The third-order valence-electron chi connectivity index (χ3n) is 3.63. The van der Waals surface area contributed by atoms with Crippen LogP contribution in [0, 0.1) is 5.41 Å². The van der Waals surface area contributed by atoms with Crippen LogP contribution in [-0.2, 0) is 6.42 Å². The highest BCUT2D eigenvalue weighted by Gasteiger charge is 2.33. The Balaban J connectivity index is 2.10. The maximum Gasteiger partial charge on any atom is 0.0679 e. The molecule has 2 N–H and O–H groups in total. The molecule has 2 aromatic rings. The van der Waals surface area contributed by atoms with E-state index < -0.39 is 0 Å². The molecule has 0 amide bonds. The van der Waals surface area contributed by atoms with Gasteiger partial charge in [-0.15, -0.1) is 0 Å². The molecular weight excluding hydrogens is 224 g/mol. The molecule has 0 saturated carbocycles. The zero-order valence-corrected chi connectivity index (χ0v) is 10.8. The van der Waals surface area contributed by atoms with E-state index in [0.717, 1.165) is 18.5 Å². The van der Waals surface area contributed by atoms with Gasteiger partial charge in [-0.3, -0.25) is 4.98 Å². The van der Waals surface area contributed by atoms with Gasteiger partial charge in [0.15, 0.2) is 0 Å². The van der Waals surface area contributed by atoms with Crippen molar-refractivity contribution in [3.63, 3.8) is 0 Å². The summed E-state index contributed by atoms with van der Waals surface area (Å²) < 4.78 is 2.00. The standard InChI is InChI=1S/C14H18N4/c1-14(2)7-12(15)11-9-17-18(13(11)8-14)10-3-5-16-6-4-10/h3-6,9,12H,7-8,15H2,1-2H3. The van der Waals surface area contributed by atoms with Gasteiger partial charge in [0.25, 0.3) is 0 Å². The molecule has 0 aromatic carbocycles. The normalized spacial score (nSPS) is 21.6. The molecule has 18 heavy (non-hydrogen) atoms. The fourth-order valence-corrected chi connectivity index (χ4v) is 2.81. The maximum absolute atomic E-state index is 6.25. The lowest BCUT2D eigenvalue weighted by Gasteiger charge is -2.33. The molecule has 4 nitrogen and oxygen atoms in total. The highest BCUT2D eigenvalue weighted by atomic mass is 15.3. The summed E-state index contributed by atoms with van der Waals surface area (Å²) in [4.78, 5) is 4.05. The van der Waals surface area contributed by atoms with Crippen molar-refractivity contribution in [1.82, 2.24) is 14.8 Å². The zero-order valence-electron chi connectivity index (χ0n) is 10.8. The quantitative estimate of drug-likeness (QED) is 0.834. The van der Waals surface area contributed by atoms with Gasteiger partial charge in [-0.2, -0.15) is 5.10 Å². The van der Waals surface area contributed by atoms with Crippen LogP contribution in [0.15, 0.2) is 30.7 Å². The van der Waals surface area contributed by atoms with E-state index >= 15 is 0 Å². The van der Waals surface area contributed by atoms with Gasteiger partial charge in [0.2, 0.25) is 0 Å². The number of nitrogens with two attached hydrogens (primary N) is 1. The van der Waals surface area contributed by atoms with E-state index in [-0.39, 0.29) is 11.5 Å². The van der Waals surface area contributed by atoms with E-state index in [0.29, 0.717) is 0 Å². The number of nitrogens with zero attached hydrogens (tertiary/aromatic N) is 3. The highest BCUT2D eigenvalue weighted by molar-refractivity contribution is 5.36. The Bertz CT molecular complexity index is 556. The third kappa shape index (κ3) is 1.82. The van der Waals surface area contributed by atoms with E-state index in [4.69, 9.17) is 5.73 Å². The Morgan fingerprint density at radius 3 is 2.78 bits per heavy atom. The predicted molar refractivity (Wildman–Crippen MR) is 70.4 cm³/mol. The first kappa shape index (κ1) is 11.4. The lowest BCUT2D eigenvalue weighted by atomic mass is 9.74. The minimum Gasteiger partial charge on any atom is -0.324 e. The molecule has 1 aliphatic rings. The van der Waals surface area contributed by atoms with Gasteiger partial charge in [0.05, 0.1) is 11.9 Å². The molecule has 0 fully saturated rings. The number of aromatic nitrogens is 3. The molecule has 0 bridgehead atoms. The number of rotatable bonds is 1. The van der Waals surface area contributed by atoms with Gasteiger partial charge in [-0.05, 0) is 30.4 Å². The molecule has 2 heterocycles.